The second-order valence-corrected chi connectivity index (χ2v) is 5.22. The lowest BCUT2D eigenvalue weighted by atomic mass is 10.2. The van der Waals surface area contributed by atoms with E-state index in [9.17, 15) is 8.42 Å². The number of nitrogens with one attached hydrogen (secondary N) is 1. The number of ether oxygens (including phenoxy) is 1. The van der Waals surface area contributed by atoms with Crippen molar-refractivity contribution in [3.8, 4) is 6.07 Å². The van der Waals surface area contributed by atoms with Crippen molar-refractivity contribution in [1.82, 2.24) is 4.72 Å². The van der Waals surface area contributed by atoms with E-state index in [1.807, 2.05) is 6.07 Å². The standard InChI is InChI=1S/C11H14N2O3S/c1-9-3-4-10(8-12)7-11(9)17(14,15)13-5-6-16-2/h3-4,7,13H,5-6H2,1-2H3. The molecule has 1 rings (SSSR count). The van der Waals surface area contributed by atoms with Gasteiger partial charge in [0.2, 0.25) is 10.0 Å². The van der Waals surface area contributed by atoms with Gasteiger partial charge in [-0.1, -0.05) is 6.07 Å². The zero-order valence-corrected chi connectivity index (χ0v) is 10.5. The molecule has 0 aliphatic carbocycles. The number of hydrogen-bond donors (Lipinski definition) is 1. The second-order valence-electron chi connectivity index (χ2n) is 3.48. The third-order valence-electron chi connectivity index (χ3n) is 2.21. The fraction of sp³-hybridized carbons (Fsp3) is 0.364. The lowest BCUT2D eigenvalue weighted by Gasteiger charge is -2.09. The number of benzene rings is 1. The largest absolute Gasteiger partial charge is 0.383 e. The van der Waals surface area contributed by atoms with Crippen molar-refractivity contribution in [2.24, 2.45) is 0 Å². The van der Waals surface area contributed by atoms with E-state index in [2.05, 4.69) is 4.72 Å². The first-order valence-corrected chi connectivity index (χ1v) is 6.49. The summed E-state index contributed by atoms with van der Waals surface area (Å²) in [5.41, 5.74) is 0.927. The first-order chi connectivity index (χ1) is 8.01. The maximum absolute atomic E-state index is 11.9. The highest BCUT2D eigenvalue weighted by Gasteiger charge is 2.16. The molecule has 0 aliphatic rings. The minimum atomic E-state index is -3.58. The van der Waals surface area contributed by atoms with Gasteiger partial charge in [-0.15, -0.1) is 0 Å². The summed E-state index contributed by atoms with van der Waals surface area (Å²) in [5, 5.41) is 8.75. The van der Waals surface area contributed by atoms with Crippen molar-refractivity contribution in [1.29, 1.82) is 5.26 Å². The zero-order chi connectivity index (χ0) is 12.9. The van der Waals surface area contributed by atoms with Crippen LogP contribution in [0.1, 0.15) is 11.1 Å². The third kappa shape index (κ3) is 3.53. The zero-order valence-electron chi connectivity index (χ0n) is 9.73. The van der Waals surface area contributed by atoms with Crippen LogP contribution in [0.15, 0.2) is 23.1 Å². The van der Waals surface area contributed by atoms with Gasteiger partial charge in [-0.25, -0.2) is 13.1 Å². The SMILES string of the molecule is COCCNS(=O)(=O)c1cc(C#N)ccc1C. The van der Waals surface area contributed by atoms with Gasteiger partial charge in [-0.3, -0.25) is 0 Å². The van der Waals surface area contributed by atoms with E-state index in [-0.39, 0.29) is 11.4 Å². The number of nitrogens with zero attached hydrogens (tertiary/aromatic N) is 1. The third-order valence-corrected chi connectivity index (χ3v) is 3.81. The van der Waals surface area contributed by atoms with Crippen LogP contribution in [0.4, 0.5) is 0 Å². The lowest BCUT2D eigenvalue weighted by Crippen LogP contribution is -2.27. The summed E-state index contributed by atoms with van der Waals surface area (Å²) in [4.78, 5) is 0.132. The fourth-order valence-electron chi connectivity index (χ4n) is 1.31. The average molecular weight is 254 g/mol. The average Bonchev–Trinajstić information content (AvgIpc) is 2.29. The number of hydrogen-bond acceptors (Lipinski definition) is 4. The summed E-state index contributed by atoms with van der Waals surface area (Å²) in [7, 11) is -2.08. The summed E-state index contributed by atoms with van der Waals surface area (Å²) in [5.74, 6) is 0. The maximum Gasteiger partial charge on any atom is 0.240 e. The molecule has 0 unspecified atom stereocenters. The number of sulfonamides is 1. The van der Waals surface area contributed by atoms with E-state index >= 15 is 0 Å². The normalized spacial score (nSPS) is 11.1. The molecule has 0 heterocycles. The smallest absolute Gasteiger partial charge is 0.240 e. The van der Waals surface area contributed by atoms with Gasteiger partial charge in [0, 0.05) is 13.7 Å². The molecule has 1 aromatic carbocycles. The Bertz CT molecular complexity index is 532. The van der Waals surface area contributed by atoms with Gasteiger partial charge < -0.3 is 4.74 Å². The molecule has 0 fully saturated rings. The molecule has 0 bridgehead atoms. The number of rotatable bonds is 5. The molecule has 92 valence electrons. The van der Waals surface area contributed by atoms with E-state index in [1.165, 1.54) is 13.2 Å². The van der Waals surface area contributed by atoms with Gasteiger partial charge in [-0.2, -0.15) is 5.26 Å². The van der Waals surface area contributed by atoms with Crippen LogP contribution in [0.25, 0.3) is 0 Å². The van der Waals surface area contributed by atoms with Gasteiger partial charge in [0.05, 0.1) is 23.1 Å². The van der Waals surface area contributed by atoms with Crippen LogP contribution >= 0.6 is 0 Å². The highest BCUT2D eigenvalue weighted by atomic mass is 32.2. The van der Waals surface area contributed by atoms with Crippen LogP contribution in [0, 0.1) is 18.3 Å². The predicted octanol–water partition coefficient (Wildman–Crippen LogP) is 0.791. The molecule has 1 N–H and O–H groups in total. The summed E-state index contributed by atoms with van der Waals surface area (Å²) in [6, 6.07) is 6.48. The van der Waals surface area contributed by atoms with Gasteiger partial charge in [0.25, 0.3) is 0 Å². The second kappa shape index (κ2) is 5.77. The summed E-state index contributed by atoms with van der Waals surface area (Å²) >= 11 is 0. The Balaban J connectivity index is 3.02. The Morgan fingerprint density at radius 3 is 2.76 bits per heavy atom. The molecule has 6 heteroatoms. The molecule has 0 atom stereocenters. The minimum Gasteiger partial charge on any atom is -0.383 e. The van der Waals surface area contributed by atoms with Crippen LogP contribution in [-0.2, 0) is 14.8 Å². The molecule has 0 radical (unpaired) electrons. The molecule has 0 aromatic heterocycles. The quantitative estimate of drug-likeness (QED) is 0.788. The van der Waals surface area contributed by atoms with Crippen LogP contribution in [0.5, 0.6) is 0 Å². The van der Waals surface area contributed by atoms with E-state index in [0.29, 0.717) is 17.7 Å². The van der Waals surface area contributed by atoms with Crippen molar-refractivity contribution < 1.29 is 13.2 Å². The molecule has 0 spiro atoms. The van der Waals surface area contributed by atoms with E-state index in [0.717, 1.165) is 0 Å². The molecule has 0 amide bonds. The van der Waals surface area contributed by atoms with E-state index in [1.54, 1.807) is 19.1 Å². The van der Waals surface area contributed by atoms with Crippen LogP contribution in [0.3, 0.4) is 0 Å². The Morgan fingerprint density at radius 1 is 1.47 bits per heavy atom. The monoisotopic (exact) mass is 254 g/mol. The molecule has 0 aliphatic heterocycles. The summed E-state index contributed by atoms with van der Waals surface area (Å²) < 4.78 is 31.0. The molecule has 1 aromatic rings. The van der Waals surface area contributed by atoms with E-state index < -0.39 is 10.0 Å². The van der Waals surface area contributed by atoms with Crippen LogP contribution < -0.4 is 4.72 Å². The Morgan fingerprint density at radius 2 is 2.18 bits per heavy atom. The summed E-state index contributed by atoms with van der Waals surface area (Å²) in [6.07, 6.45) is 0. The van der Waals surface area contributed by atoms with Crippen molar-refractivity contribution in [2.75, 3.05) is 20.3 Å². The van der Waals surface area contributed by atoms with Gasteiger partial charge in [0.1, 0.15) is 0 Å². The first kappa shape index (κ1) is 13.6. The van der Waals surface area contributed by atoms with Crippen molar-refractivity contribution >= 4 is 10.0 Å². The predicted molar refractivity (Wildman–Crippen MR) is 63.0 cm³/mol. The Labute approximate surface area is 101 Å². The number of aryl methyl sites for hydroxylation is 1. The molecule has 0 saturated heterocycles. The van der Waals surface area contributed by atoms with Crippen molar-refractivity contribution in [3.63, 3.8) is 0 Å². The molecular weight excluding hydrogens is 240 g/mol. The highest BCUT2D eigenvalue weighted by molar-refractivity contribution is 7.89. The number of methoxy groups -OCH3 is 1. The first-order valence-electron chi connectivity index (χ1n) is 5.00. The minimum absolute atomic E-state index is 0.132. The van der Waals surface area contributed by atoms with Gasteiger partial charge >= 0.3 is 0 Å². The van der Waals surface area contributed by atoms with Crippen LogP contribution in [-0.4, -0.2) is 28.7 Å². The Kier molecular flexibility index (Phi) is 4.63. The maximum atomic E-state index is 11.9. The number of nitriles is 1. The van der Waals surface area contributed by atoms with Gasteiger partial charge in [0.15, 0.2) is 0 Å². The Hall–Kier alpha value is -1.42. The molecule has 0 saturated carbocycles. The van der Waals surface area contributed by atoms with Gasteiger partial charge in [-0.05, 0) is 24.6 Å². The van der Waals surface area contributed by atoms with Crippen LogP contribution in [0.2, 0.25) is 0 Å². The molecule has 5 nitrogen and oxygen atoms in total. The topological polar surface area (TPSA) is 79.2 Å². The lowest BCUT2D eigenvalue weighted by molar-refractivity contribution is 0.204. The molecule has 17 heavy (non-hydrogen) atoms. The van der Waals surface area contributed by atoms with Crippen molar-refractivity contribution in [3.05, 3.63) is 29.3 Å². The van der Waals surface area contributed by atoms with Crippen molar-refractivity contribution in [2.45, 2.75) is 11.8 Å². The fourth-order valence-corrected chi connectivity index (χ4v) is 2.60. The molecular formula is C11H14N2O3S. The summed E-state index contributed by atoms with van der Waals surface area (Å²) in [6.45, 7) is 2.19. The van der Waals surface area contributed by atoms with E-state index in [4.69, 9.17) is 10.00 Å². The highest BCUT2D eigenvalue weighted by Crippen LogP contribution is 2.16.